The van der Waals surface area contributed by atoms with Gasteiger partial charge < -0.3 is 0 Å². The third kappa shape index (κ3) is 41.4. The maximum atomic E-state index is 4.08. The molecular weight excluding hydrogens is 799 g/mol. The van der Waals surface area contributed by atoms with Gasteiger partial charge in [0.15, 0.2) is 0 Å². The first-order valence-electron chi connectivity index (χ1n) is 17.2. The predicted molar refractivity (Wildman–Crippen MR) is 212 cm³/mol. The molecule has 5 heteroatoms. The minimum absolute atomic E-state index is 0. The molecule has 0 radical (unpaired) electrons. The molecule has 4 rings (SSSR count). The van der Waals surface area contributed by atoms with Crippen LogP contribution in [0, 0.1) is 86.5 Å². The molecule has 0 saturated carbocycles. The summed E-state index contributed by atoms with van der Waals surface area (Å²) in [5, 5.41) is 0. The van der Waals surface area contributed by atoms with Crippen LogP contribution in [0.5, 0.6) is 0 Å². The zero-order chi connectivity index (χ0) is 37.3. The molecule has 0 aliphatic heterocycles. The van der Waals surface area contributed by atoms with E-state index in [1.54, 1.807) is 0 Å². The fourth-order valence-corrected chi connectivity index (χ4v) is 2.22. The van der Waals surface area contributed by atoms with E-state index in [0.29, 0.717) is 0 Å². The molecule has 0 aliphatic rings. The minimum Gasteiger partial charge on any atom is -0.264 e. The van der Waals surface area contributed by atoms with E-state index in [2.05, 4.69) is 73.6 Å². The van der Waals surface area contributed by atoms with Gasteiger partial charge in [-0.05, 0) is 127 Å². The number of nitrogens with zero attached hydrogens (tertiary/aromatic N) is 4. The smallest absolute Gasteiger partial charge is 0.0401 e. The molecule has 4 aromatic rings. The van der Waals surface area contributed by atoms with Crippen molar-refractivity contribution in [3.05, 3.63) is 130 Å². The standard InChI is InChI=1S/4C7H9N.C4H8.5C2H6.U/c2*1-6-3-4-8-5-7(6)2;2*1-6-4-3-5-8-7(6)2;1-3-4-2;5*1-2;/h4*3-5H,1-2H3;3-4H,1-2H3;5*1-2H3;/b;;;;4-3-;;;;;;. The summed E-state index contributed by atoms with van der Waals surface area (Å²) >= 11 is 0. The summed E-state index contributed by atoms with van der Waals surface area (Å²) in [5.41, 5.74) is 9.88. The van der Waals surface area contributed by atoms with Crippen molar-refractivity contribution < 1.29 is 31.1 Å². The van der Waals surface area contributed by atoms with Crippen molar-refractivity contribution in [1.29, 1.82) is 0 Å². The fraction of sp³-hybridized carbons (Fsp3) is 0.476. The SMILES string of the molecule is C/C=C\C.CC.CC.CC.CC.CC.Cc1cccnc1C.Cc1cccnc1C.Cc1ccncc1C.Cc1ccncc1C.[U]. The van der Waals surface area contributed by atoms with Crippen molar-refractivity contribution in [2.75, 3.05) is 0 Å². The maximum Gasteiger partial charge on any atom is 0.0401 e. The molecule has 0 atom stereocenters. The molecule has 0 aliphatic carbocycles. The van der Waals surface area contributed by atoms with Crippen LogP contribution in [0.1, 0.15) is 128 Å². The number of hydrogen-bond acceptors (Lipinski definition) is 4. The fourth-order valence-electron chi connectivity index (χ4n) is 2.22. The van der Waals surface area contributed by atoms with E-state index in [1.807, 2.05) is 171 Å². The van der Waals surface area contributed by atoms with Gasteiger partial charge in [-0.2, -0.15) is 0 Å². The zero-order valence-electron chi connectivity index (χ0n) is 34.4. The molecule has 47 heavy (non-hydrogen) atoms. The van der Waals surface area contributed by atoms with Crippen LogP contribution < -0.4 is 0 Å². The van der Waals surface area contributed by atoms with Gasteiger partial charge in [-0.25, -0.2) is 0 Å². The number of aryl methyl sites for hydroxylation is 8. The number of rotatable bonds is 0. The van der Waals surface area contributed by atoms with E-state index >= 15 is 0 Å². The van der Waals surface area contributed by atoms with E-state index in [0.717, 1.165) is 11.4 Å². The van der Waals surface area contributed by atoms with Crippen molar-refractivity contribution in [3.8, 4) is 0 Å². The van der Waals surface area contributed by atoms with Crippen molar-refractivity contribution in [3.63, 3.8) is 0 Å². The number of aromatic nitrogens is 4. The van der Waals surface area contributed by atoms with Crippen LogP contribution in [0.15, 0.2) is 85.7 Å². The van der Waals surface area contributed by atoms with E-state index in [-0.39, 0.29) is 31.1 Å². The van der Waals surface area contributed by atoms with Crippen LogP contribution in [0.4, 0.5) is 0 Å². The molecule has 266 valence electrons. The Morgan fingerprint density at radius 2 is 0.660 bits per heavy atom. The largest absolute Gasteiger partial charge is 0.264 e. The molecule has 4 aromatic heterocycles. The second-order valence-corrected chi connectivity index (χ2v) is 8.40. The van der Waals surface area contributed by atoms with Gasteiger partial charge in [0.2, 0.25) is 0 Å². The molecule has 0 amide bonds. The molecule has 4 nitrogen and oxygen atoms in total. The molecule has 0 aromatic carbocycles. The molecular formula is C42H74N4U. The molecule has 0 saturated heterocycles. The van der Waals surface area contributed by atoms with E-state index in [1.165, 1.54) is 33.4 Å². The van der Waals surface area contributed by atoms with Crippen LogP contribution in [0.3, 0.4) is 0 Å². The number of allylic oxidation sites excluding steroid dienone is 2. The van der Waals surface area contributed by atoms with E-state index in [4.69, 9.17) is 0 Å². The third-order valence-corrected chi connectivity index (χ3v) is 5.48. The Labute approximate surface area is 318 Å². The van der Waals surface area contributed by atoms with Crippen LogP contribution >= 0.6 is 0 Å². The summed E-state index contributed by atoms with van der Waals surface area (Å²) in [7, 11) is 0. The topological polar surface area (TPSA) is 51.6 Å². The van der Waals surface area contributed by atoms with Gasteiger partial charge >= 0.3 is 0 Å². The second-order valence-electron chi connectivity index (χ2n) is 8.40. The van der Waals surface area contributed by atoms with E-state index in [9.17, 15) is 0 Å². The molecule has 0 spiro atoms. The Morgan fingerprint density at radius 1 is 0.383 bits per heavy atom. The summed E-state index contributed by atoms with van der Waals surface area (Å²) in [5.74, 6) is 0. The van der Waals surface area contributed by atoms with E-state index < -0.39 is 0 Å². The van der Waals surface area contributed by atoms with Gasteiger partial charge in [0, 0.05) is 79.7 Å². The van der Waals surface area contributed by atoms with Crippen molar-refractivity contribution in [2.45, 2.75) is 138 Å². The van der Waals surface area contributed by atoms with Gasteiger partial charge in [-0.3, -0.25) is 19.9 Å². The molecule has 0 bridgehead atoms. The molecule has 0 N–H and O–H groups in total. The zero-order valence-corrected chi connectivity index (χ0v) is 38.5. The molecule has 0 unspecified atom stereocenters. The monoisotopic (exact) mass is 873 g/mol. The Kier molecular flexibility index (Phi) is 63.9. The van der Waals surface area contributed by atoms with Crippen LogP contribution in [-0.2, 0) is 0 Å². The first-order chi connectivity index (χ1) is 22.1. The summed E-state index contributed by atoms with van der Waals surface area (Å²) in [6, 6.07) is 12.0. The summed E-state index contributed by atoms with van der Waals surface area (Å²) in [6.45, 7) is 40.4. The third-order valence-electron chi connectivity index (χ3n) is 5.48. The summed E-state index contributed by atoms with van der Waals surface area (Å²) in [4.78, 5) is 16.0. The van der Waals surface area contributed by atoms with Gasteiger partial charge in [0.25, 0.3) is 0 Å². The Bertz CT molecular complexity index is 896. The maximum absolute atomic E-state index is 4.08. The van der Waals surface area contributed by atoms with Gasteiger partial charge in [-0.15, -0.1) is 0 Å². The van der Waals surface area contributed by atoms with Gasteiger partial charge in [0.1, 0.15) is 0 Å². The van der Waals surface area contributed by atoms with Crippen molar-refractivity contribution >= 4 is 0 Å². The average molecular weight is 873 g/mol. The predicted octanol–water partition coefficient (Wildman–Crippen LogP) is 13.5. The Hall–Kier alpha value is -2.61. The van der Waals surface area contributed by atoms with Crippen molar-refractivity contribution in [1.82, 2.24) is 19.9 Å². The number of pyridine rings is 4. The van der Waals surface area contributed by atoms with Crippen molar-refractivity contribution in [2.24, 2.45) is 0 Å². The van der Waals surface area contributed by atoms with Gasteiger partial charge in [0.05, 0.1) is 0 Å². The minimum atomic E-state index is 0. The van der Waals surface area contributed by atoms with Crippen LogP contribution in [0.2, 0.25) is 0 Å². The number of hydrogen-bond donors (Lipinski definition) is 0. The van der Waals surface area contributed by atoms with Crippen LogP contribution in [0.25, 0.3) is 0 Å². The summed E-state index contributed by atoms with van der Waals surface area (Å²) < 4.78 is 0. The van der Waals surface area contributed by atoms with Crippen LogP contribution in [-0.4, -0.2) is 19.9 Å². The van der Waals surface area contributed by atoms with Gasteiger partial charge in [-0.1, -0.05) is 93.5 Å². The summed E-state index contributed by atoms with van der Waals surface area (Å²) in [6.07, 6.45) is 15.0. The molecule has 4 heterocycles. The Balaban J connectivity index is -0.0000000801. The quantitative estimate of drug-likeness (QED) is 0.165. The second kappa shape index (κ2) is 50.3. The Morgan fingerprint density at radius 3 is 0.787 bits per heavy atom. The normalized spacial score (nSPS) is 7.74. The molecule has 0 fully saturated rings. The average Bonchev–Trinajstić information content (AvgIpc) is 3.12. The first-order valence-corrected chi connectivity index (χ1v) is 17.2. The first kappa shape index (κ1) is 59.8.